The Bertz CT molecular complexity index is 397. The van der Waals surface area contributed by atoms with E-state index in [1.54, 1.807) is 0 Å². The summed E-state index contributed by atoms with van der Waals surface area (Å²) in [6.07, 6.45) is 2.20. The topological polar surface area (TPSA) is 75.3 Å². The summed E-state index contributed by atoms with van der Waals surface area (Å²) >= 11 is 0. The molecule has 0 aromatic carbocycles. The second-order valence-electron chi connectivity index (χ2n) is 6.51. The van der Waals surface area contributed by atoms with Gasteiger partial charge in [-0.05, 0) is 34.1 Å². The molecule has 0 spiro atoms. The molecule has 7 nitrogen and oxygen atoms in total. The van der Waals surface area contributed by atoms with Crippen molar-refractivity contribution in [2.75, 3.05) is 40.1 Å². The van der Waals surface area contributed by atoms with Crippen LogP contribution in [0.3, 0.4) is 0 Å². The van der Waals surface area contributed by atoms with Crippen LogP contribution in [0.2, 0.25) is 0 Å². The minimum Gasteiger partial charge on any atom is -0.453 e. The highest BCUT2D eigenvalue weighted by atomic mass is 16.7. The summed E-state index contributed by atoms with van der Waals surface area (Å²) in [6, 6.07) is 0. The van der Waals surface area contributed by atoms with Gasteiger partial charge in [0.1, 0.15) is 0 Å². The van der Waals surface area contributed by atoms with Crippen molar-refractivity contribution >= 4 is 13.2 Å². The van der Waals surface area contributed by atoms with E-state index in [1.165, 1.54) is 7.11 Å². The van der Waals surface area contributed by atoms with Crippen LogP contribution in [0.15, 0.2) is 12.1 Å². The largest absolute Gasteiger partial charge is 0.486 e. The van der Waals surface area contributed by atoms with E-state index in [0.717, 1.165) is 6.42 Å². The monoisotopic (exact) mass is 343 g/mol. The molecule has 138 valence electrons. The van der Waals surface area contributed by atoms with Gasteiger partial charge >= 0.3 is 13.2 Å². The molecule has 0 aromatic heterocycles. The Morgan fingerprint density at radius 1 is 1.08 bits per heavy atom. The molecule has 1 N–H and O–H groups in total. The van der Waals surface area contributed by atoms with Crippen LogP contribution in [-0.2, 0) is 23.5 Å². The van der Waals surface area contributed by atoms with E-state index in [2.05, 4.69) is 10.1 Å². The molecular formula is C16H30BNO6. The van der Waals surface area contributed by atoms with Gasteiger partial charge in [0, 0.05) is 13.2 Å². The Balaban J connectivity index is 1.97. The number of rotatable bonds is 10. The normalized spacial score (nSPS) is 19.0. The van der Waals surface area contributed by atoms with Crippen LogP contribution in [0.5, 0.6) is 0 Å². The van der Waals surface area contributed by atoms with E-state index in [1.807, 2.05) is 39.7 Å². The molecule has 1 heterocycles. The lowest BCUT2D eigenvalue weighted by Crippen LogP contribution is -2.41. The summed E-state index contributed by atoms with van der Waals surface area (Å²) in [5.74, 6) is 1.87. The average Bonchev–Trinajstić information content (AvgIpc) is 2.71. The predicted molar refractivity (Wildman–Crippen MR) is 91.9 cm³/mol. The molecule has 1 aliphatic rings. The van der Waals surface area contributed by atoms with Crippen LogP contribution in [0.4, 0.5) is 4.79 Å². The summed E-state index contributed by atoms with van der Waals surface area (Å²) in [6.45, 7) is 10.7. The highest BCUT2D eigenvalue weighted by Crippen LogP contribution is 2.36. The molecule has 1 fully saturated rings. The van der Waals surface area contributed by atoms with E-state index >= 15 is 0 Å². The highest BCUT2D eigenvalue weighted by molar-refractivity contribution is 6.51. The molecule has 8 heteroatoms. The van der Waals surface area contributed by atoms with Gasteiger partial charge in [0.15, 0.2) is 0 Å². The van der Waals surface area contributed by atoms with E-state index in [0.29, 0.717) is 33.0 Å². The Morgan fingerprint density at radius 2 is 1.71 bits per heavy atom. The van der Waals surface area contributed by atoms with E-state index in [-0.39, 0.29) is 18.3 Å². The quantitative estimate of drug-likeness (QED) is 0.483. The Hall–Kier alpha value is -1.09. The van der Waals surface area contributed by atoms with Gasteiger partial charge < -0.3 is 28.8 Å². The molecule has 0 aromatic rings. The standard InChI is InChI=1S/C16H30BNO6/c1-15(2)16(3,4)24-17(23-15)8-6-10-21-12-13-22-11-7-9-18-14(19)20-5/h6,8H,7,9-13H2,1-5H3,(H,18,19)/b8-6+. The third-order valence-corrected chi connectivity index (χ3v) is 4.07. The minimum absolute atomic E-state index is 0.320. The van der Waals surface area contributed by atoms with Gasteiger partial charge in [0.2, 0.25) is 0 Å². The Morgan fingerprint density at radius 3 is 2.33 bits per heavy atom. The number of hydrogen-bond acceptors (Lipinski definition) is 6. The molecule has 1 rings (SSSR count). The van der Waals surface area contributed by atoms with Crippen molar-refractivity contribution in [2.45, 2.75) is 45.3 Å². The second-order valence-corrected chi connectivity index (χ2v) is 6.51. The molecular weight excluding hydrogens is 313 g/mol. The first-order valence-corrected chi connectivity index (χ1v) is 8.28. The van der Waals surface area contributed by atoms with Crippen molar-refractivity contribution in [2.24, 2.45) is 0 Å². The van der Waals surface area contributed by atoms with Gasteiger partial charge in [0.25, 0.3) is 0 Å². The summed E-state index contributed by atoms with van der Waals surface area (Å²) in [7, 11) is 1.00. The van der Waals surface area contributed by atoms with Crippen molar-refractivity contribution in [3.05, 3.63) is 12.1 Å². The van der Waals surface area contributed by atoms with Gasteiger partial charge in [-0.2, -0.15) is 0 Å². The zero-order valence-corrected chi connectivity index (χ0v) is 15.4. The second kappa shape index (κ2) is 10.0. The Labute approximate surface area is 145 Å². The van der Waals surface area contributed by atoms with Gasteiger partial charge in [-0.25, -0.2) is 4.79 Å². The fourth-order valence-electron chi connectivity index (χ4n) is 1.94. The van der Waals surface area contributed by atoms with Gasteiger partial charge in [-0.1, -0.05) is 12.1 Å². The minimum atomic E-state index is -0.424. The number of carbonyl (C=O) groups excluding carboxylic acids is 1. The van der Waals surface area contributed by atoms with Gasteiger partial charge in [-0.3, -0.25) is 0 Å². The number of ether oxygens (including phenoxy) is 3. The smallest absolute Gasteiger partial charge is 0.453 e. The van der Waals surface area contributed by atoms with Crippen LogP contribution in [0.1, 0.15) is 34.1 Å². The van der Waals surface area contributed by atoms with Gasteiger partial charge in [0.05, 0.1) is 38.1 Å². The first-order valence-electron chi connectivity index (χ1n) is 8.28. The van der Waals surface area contributed by atoms with E-state index in [4.69, 9.17) is 18.8 Å². The Kier molecular flexibility index (Phi) is 8.76. The maximum Gasteiger partial charge on any atom is 0.486 e. The van der Waals surface area contributed by atoms with Crippen molar-refractivity contribution in [3.63, 3.8) is 0 Å². The molecule has 1 amide bonds. The zero-order valence-electron chi connectivity index (χ0n) is 15.4. The number of nitrogens with one attached hydrogen (secondary N) is 1. The fourth-order valence-corrected chi connectivity index (χ4v) is 1.94. The number of carbonyl (C=O) groups is 1. The van der Waals surface area contributed by atoms with Gasteiger partial charge in [-0.15, -0.1) is 0 Å². The molecule has 24 heavy (non-hydrogen) atoms. The lowest BCUT2D eigenvalue weighted by molar-refractivity contribution is 0.00578. The number of hydrogen-bond donors (Lipinski definition) is 1. The predicted octanol–water partition coefficient (Wildman–Crippen LogP) is 1.95. The maximum atomic E-state index is 10.8. The molecule has 0 bridgehead atoms. The number of methoxy groups -OCH3 is 1. The first-order chi connectivity index (χ1) is 11.3. The van der Waals surface area contributed by atoms with E-state index in [9.17, 15) is 4.79 Å². The third-order valence-electron chi connectivity index (χ3n) is 4.07. The van der Waals surface area contributed by atoms with Crippen LogP contribution in [-0.4, -0.2) is 64.5 Å². The van der Waals surface area contributed by atoms with Crippen molar-refractivity contribution in [3.8, 4) is 0 Å². The summed E-state index contributed by atoms with van der Waals surface area (Å²) in [5, 5.41) is 2.58. The average molecular weight is 343 g/mol. The molecule has 0 atom stereocenters. The molecule has 1 saturated heterocycles. The maximum absolute atomic E-state index is 10.8. The zero-order chi connectivity index (χ0) is 18.1. The molecule has 1 aliphatic heterocycles. The molecule has 0 unspecified atom stereocenters. The van der Waals surface area contributed by atoms with E-state index < -0.39 is 6.09 Å². The first kappa shape index (κ1) is 21.0. The van der Waals surface area contributed by atoms with Crippen LogP contribution in [0.25, 0.3) is 0 Å². The van der Waals surface area contributed by atoms with Crippen LogP contribution < -0.4 is 5.32 Å². The highest BCUT2D eigenvalue weighted by Gasteiger charge is 2.49. The number of amides is 1. The third kappa shape index (κ3) is 7.21. The summed E-state index contributed by atoms with van der Waals surface area (Å²) < 4.78 is 27.0. The van der Waals surface area contributed by atoms with Crippen LogP contribution >= 0.6 is 0 Å². The SMILES string of the molecule is COC(=O)NCCCOCCOC/C=C/B1OC(C)(C)C(C)(C)O1. The summed E-state index contributed by atoms with van der Waals surface area (Å²) in [4.78, 5) is 10.8. The number of alkyl carbamates (subject to hydrolysis) is 1. The molecule has 0 aliphatic carbocycles. The van der Waals surface area contributed by atoms with Crippen molar-refractivity contribution in [1.82, 2.24) is 5.32 Å². The summed E-state index contributed by atoms with van der Waals surface area (Å²) in [5.41, 5.74) is -0.640. The molecule has 0 radical (unpaired) electrons. The van der Waals surface area contributed by atoms with Crippen molar-refractivity contribution < 1.29 is 28.3 Å². The van der Waals surface area contributed by atoms with Crippen LogP contribution in [0, 0.1) is 0 Å². The van der Waals surface area contributed by atoms with Crippen molar-refractivity contribution in [1.29, 1.82) is 0 Å². The molecule has 0 saturated carbocycles. The lowest BCUT2D eigenvalue weighted by atomic mass is 9.90. The lowest BCUT2D eigenvalue weighted by Gasteiger charge is -2.32. The fraction of sp³-hybridized carbons (Fsp3) is 0.812.